The fraction of sp³-hybridized carbons (Fsp3) is 1.00. The van der Waals surface area contributed by atoms with Gasteiger partial charge in [-0.15, -0.1) is 0 Å². The van der Waals surface area contributed by atoms with E-state index in [0.29, 0.717) is 16.9 Å². The van der Waals surface area contributed by atoms with Crippen LogP contribution in [-0.4, -0.2) is 23.8 Å². The number of nitrogens with one attached hydrogen (secondary N) is 1. The Labute approximate surface area is 101 Å². The highest BCUT2D eigenvalue weighted by Gasteiger charge is 2.38. The molecule has 1 fully saturated rings. The van der Waals surface area contributed by atoms with Crippen LogP contribution in [0.3, 0.4) is 0 Å². The molecule has 1 saturated carbocycles. The van der Waals surface area contributed by atoms with Crippen molar-refractivity contribution in [1.29, 1.82) is 0 Å². The quantitative estimate of drug-likeness (QED) is 0.774. The molecule has 0 amide bonds. The first-order valence-electron chi connectivity index (χ1n) is 6.65. The molecule has 1 rings (SSSR count). The van der Waals surface area contributed by atoms with E-state index in [-0.39, 0.29) is 12.6 Å². The van der Waals surface area contributed by atoms with Gasteiger partial charge >= 0.3 is 0 Å². The van der Waals surface area contributed by atoms with E-state index in [1.54, 1.807) is 0 Å². The summed E-state index contributed by atoms with van der Waals surface area (Å²) in [5, 5.41) is 12.9. The molecule has 1 aliphatic carbocycles. The van der Waals surface area contributed by atoms with Gasteiger partial charge in [0.15, 0.2) is 0 Å². The minimum atomic E-state index is 0.258. The average molecular weight is 227 g/mol. The molecular formula is C14H29NO. The zero-order valence-electron chi connectivity index (χ0n) is 11.6. The van der Waals surface area contributed by atoms with Crippen molar-refractivity contribution in [2.75, 3.05) is 6.61 Å². The normalized spacial score (nSPS) is 26.6. The fourth-order valence-corrected chi connectivity index (χ4v) is 3.60. The van der Waals surface area contributed by atoms with Crippen molar-refractivity contribution >= 4 is 0 Å². The van der Waals surface area contributed by atoms with Crippen molar-refractivity contribution < 1.29 is 5.11 Å². The molecule has 96 valence electrons. The number of aliphatic hydroxyl groups excluding tert-OH is 1. The zero-order valence-corrected chi connectivity index (χ0v) is 11.6. The molecule has 0 heterocycles. The lowest BCUT2D eigenvalue weighted by Gasteiger charge is -2.46. The highest BCUT2D eigenvalue weighted by molar-refractivity contribution is 4.93. The average Bonchev–Trinajstić information content (AvgIpc) is 2.09. The number of hydrogen-bond donors (Lipinski definition) is 2. The molecule has 16 heavy (non-hydrogen) atoms. The molecule has 0 radical (unpaired) electrons. The Morgan fingerprint density at radius 2 is 1.69 bits per heavy atom. The summed E-state index contributed by atoms with van der Waals surface area (Å²) in [5.74, 6) is 0. The first-order chi connectivity index (χ1) is 7.28. The topological polar surface area (TPSA) is 32.3 Å². The lowest BCUT2D eigenvalue weighted by atomic mass is 9.63. The van der Waals surface area contributed by atoms with Gasteiger partial charge in [0.05, 0.1) is 6.61 Å². The van der Waals surface area contributed by atoms with Gasteiger partial charge in [0.1, 0.15) is 0 Å². The summed E-state index contributed by atoms with van der Waals surface area (Å²) in [6, 6.07) is 0.838. The largest absolute Gasteiger partial charge is 0.395 e. The minimum Gasteiger partial charge on any atom is -0.395 e. The van der Waals surface area contributed by atoms with Gasteiger partial charge in [-0.25, -0.2) is 0 Å². The molecule has 2 nitrogen and oxygen atoms in total. The summed E-state index contributed by atoms with van der Waals surface area (Å²) < 4.78 is 0. The molecular weight excluding hydrogens is 198 g/mol. The van der Waals surface area contributed by atoms with E-state index in [1.807, 2.05) is 0 Å². The van der Waals surface area contributed by atoms with Gasteiger partial charge in [-0.3, -0.25) is 0 Å². The summed E-state index contributed by atoms with van der Waals surface area (Å²) >= 11 is 0. The Morgan fingerprint density at radius 3 is 2.06 bits per heavy atom. The molecule has 0 aromatic heterocycles. The summed E-state index contributed by atoms with van der Waals surface area (Å²) in [4.78, 5) is 0. The van der Waals surface area contributed by atoms with E-state index in [0.717, 1.165) is 6.42 Å². The molecule has 1 atom stereocenters. The second-order valence-electron chi connectivity index (χ2n) is 7.06. The SMILES string of the molecule is CCC(CO)NC1CC(C)(C)CC(C)(C)C1. The summed E-state index contributed by atoms with van der Waals surface area (Å²) in [6.07, 6.45) is 4.77. The maximum absolute atomic E-state index is 9.25. The van der Waals surface area contributed by atoms with Gasteiger partial charge in [0, 0.05) is 12.1 Å². The van der Waals surface area contributed by atoms with Gasteiger partial charge in [-0.2, -0.15) is 0 Å². The van der Waals surface area contributed by atoms with E-state index in [9.17, 15) is 5.11 Å². The number of aliphatic hydroxyl groups is 1. The van der Waals surface area contributed by atoms with Crippen LogP contribution in [0.5, 0.6) is 0 Å². The summed E-state index contributed by atoms with van der Waals surface area (Å²) in [6.45, 7) is 11.8. The van der Waals surface area contributed by atoms with Crippen molar-refractivity contribution in [1.82, 2.24) is 5.32 Å². The van der Waals surface area contributed by atoms with Gasteiger partial charge in [0.2, 0.25) is 0 Å². The van der Waals surface area contributed by atoms with Crippen LogP contribution in [0.1, 0.15) is 60.3 Å². The van der Waals surface area contributed by atoms with Gasteiger partial charge in [-0.1, -0.05) is 34.6 Å². The van der Waals surface area contributed by atoms with Crippen LogP contribution < -0.4 is 5.32 Å². The molecule has 0 aromatic rings. The van der Waals surface area contributed by atoms with Crippen LogP contribution in [0, 0.1) is 10.8 Å². The van der Waals surface area contributed by atoms with Crippen LogP contribution >= 0.6 is 0 Å². The molecule has 1 unspecified atom stereocenters. The Morgan fingerprint density at radius 1 is 1.19 bits per heavy atom. The lowest BCUT2D eigenvalue weighted by molar-refractivity contribution is 0.0746. The third-order valence-corrected chi connectivity index (χ3v) is 3.74. The molecule has 0 aliphatic heterocycles. The first-order valence-corrected chi connectivity index (χ1v) is 6.65. The van der Waals surface area contributed by atoms with E-state index in [1.165, 1.54) is 19.3 Å². The Hall–Kier alpha value is -0.0800. The first kappa shape index (κ1) is 14.0. The number of hydrogen-bond acceptors (Lipinski definition) is 2. The van der Waals surface area contributed by atoms with Gasteiger partial charge < -0.3 is 10.4 Å². The predicted octanol–water partition coefficient (Wildman–Crippen LogP) is 2.95. The Balaban J connectivity index is 2.60. The van der Waals surface area contributed by atoms with Gasteiger partial charge in [-0.05, 0) is 36.5 Å². The number of rotatable bonds is 4. The van der Waals surface area contributed by atoms with Crippen molar-refractivity contribution in [2.45, 2.75) is 72.4 Å². The predicted molar refractivity (Wildman–Crippen MR) is 69.5 cm³/mol. The molecule has 0 bridgehead atoms. The molecule has 2 heteroatoms. The second-order valence-corrected chi connectivity index (χ2v) is 7.06. The van der Waals surface area contributed by atoms with Crippen LogP contribution in [0.4, 0.5) is 0 Å². The highest BCUT2D eigenvalue weighted by Crippen LogP contribution is 2.45. The molecule has 0 aromatic carbocycles. The van der Waals surface area contributed by atoms with Crippen LogP contribution in [0.2, 0.25) is 0 Å². The van der Waals surface area contributed by atoms with Gasteiger partial charge in [0.25, 0.3) is 0 Å². The van der Waals surface area contributed by atoms with E-state index < -0.39 is 0 Å². The Bertz CT molecular complexity index is 203. The maximum Gasteiger partial charge on any atom is 0.0584 e. The van der Waals surface area contributed by atoms with Crippen LogP contribution in [0.25, 0.3) is 0 Å². The smallest absolute Gasteiger partial charge is 0.0584 e. The standard InChI is InChI=1S/C14H29NO/c1-6-11(9-16)15-12-7-13(2,3)10-14(4,5)8-12/h11-12,15-16H,6-10H2,1-5H3. The minimum absolute atomic E-state index is 0.258. The monoisotopic (exact) mass is 227 g/mol. The van der Waals surface area contributed by atoms with Crippen LogP contribution in [0.15, 0.2) is 0 Å². The van der Waals surface area contributed by atoms with E-state index in [2.05, 4.69) is 39.9 Å². The summed E-state index contributed by atoms with van der Waals surface area (Å²) in [7, 11) is 0. The fourth-order valence-electron chi connectivity index (χ4n) is 3.60. The molecule has 0 spiro atoms. The Kier molecular flexibility index (Phi) is 4.42. The van der Waals surface area contributed by atoms with Crippen molar-refractivity contribution in [3.05, 3.63) is 0 Å². The summed E-state index contributed by atoms with van der Waals surface area (Å²) in [5.41, 5.74) is 0.848. The van der Waals surface area contributed by atoms with Crippen molar-refractivity contribution in [3.63, 3.8) is 0 Å². The lowest BCUT2D eigenvalue weighted by Crippen LogP contribution is -2.48. The molecule has 0 saturated heterocycles. The van der Waals surface area contributed by atoms with Crippen molar-refractivity contribution in [2.24, 2.45) is 10.8 Å². The maximum atomic E-state index is 9.25. The van der Waals surface area contributed by atoms with E-state index in [4.69, 9.17) is 0 Å². The molecule has 1 aliphatic rings. The third-order valence-electron chi connectivity index (χ3n) is 3.74. The molecule has 2 N–H and O–H groups in total. The van der Waals surface area contributed by atoms with Crippen molar-refractivity contribution in [3.8, 4) is 0 Å². The highest BCUT2D eigenvalue weighted by atomic mass is 16.3. The van der Waals surface area contributed by atoms with Crippen LogP contribution in [-0.2, 0) is 0 Å². The van der Waals surface area contributed by atoms with E-state index >= 15 is 0 Å². The zero-order chi connectivity index (χ0) is 12.4. The third kappa shape index (κ3) is 4.06. The second kappa shape index (κ2) is 5.05.